The Hall–Kier alpha value is -2.04. The smallest absolute Gasteiger partial charge is 0.193 e. The number of guanidine groups is 1. The minimum Gasteiger partial charge on any atom is -0.363 e. The van der Waals surface area contributed by atoms with Crippen LogP contribution in [-0.2, 0) is 6.54 Å². The fourth-order valence-corrected chi connectivity index (χ4v) is 2.29. The zero-order valence-electron chi connectivity index (χ0n) is 15.0. The van der Waals surface area contributed by atoms with Crippen LogP contribution in [0.15, 0.2) is 35.8 Å². The number of rotatable bonds is 9. The highest BCUT2D eigenvalue weighted by Gasteiger charge is 2.06. The van der Waals surface area contributed by atoms with Crippen molar-refractivity contribution in [1.82, 2.24) is 15.2 Å². The van der Waals surface area contributed by atoms with E-state index in [0.717, 1.165) is 30.4 Å². The van der Waals surface area contributed by atoms with Gasteiger partial charge in [0, 0.05) is 34.7 Å². The van der Waals surface area contributed by atoms with Crippen LogP contribution in [0.1, 0.15) is 31.4 Å². The van der Waals surface area contributed by atoms with Gasteiger partial charge in [0.15, 0.2) is 5.96 Å². The summed E-state index contributed by atoms with van der Waals surface area (Å²) in [5.41, 5.74) is 1.01. The molecule has 0 atom stereocenters. The number of pyridine rings is 1. The minimum atomic E-state index is 0.676. The average Bonchev–Trinajstić information content (AvgIpc) is 2.55. The van der Waals surface area contributed by atoms with Gasteiger partial charge in [-0.2, -0.15) is 0 Å². The highest BCUT2D eigenvalue weighted by molar-refractivity contribution is 5.79. The van der Waals surface area contributed by atoms with E-state index in [1.54, 1.807) is 0 Å². The van der Waals surface area contributed by atoms with Crippen LogP contribution in [-0.4, -0.2) is 50.6 Å². The van der Waals surface area contributed by atoms with Gasteiger partial charge >= 0.3 is 0 Å². The molecule has 0 aliphatic rings. The third-order valence-corrected chi connectivity index (χ3v) is 3.65. The van der Waals surface area contributed by atoms with Crippen molar-refractivity contribution in [3.63, 3.8) is 0 Å². The summed E-state index contributed by atoms with van der Waals surface area (Å²) in [7, 11) is 7.89. The lowest BCUT2D eigenvalue weighted by molar-refractivity contribution is 0.454. The van der Waals surface area contributed by atoms with Gasteiger partial charge in [-0.15, -0.1) is 6.58 Å². The molecule has 23 heavy (non-hydrogen) atoms. The molecule has 0 bridgehead atoms. The zero-order valence-corrected chi connectivity index (χ0v) is 15.0. The molecular weight excluding hydrogens is 286 g/mol. The number of unbranched alkanes of at least 4 members (excludes halogenated alkanes) is 3. The number of aromatic nitrogens is 1. The average molecular weight is 317 g/mol. The van der Waals surface area contributed by atoms with Crippen molar-refractivity contribution in [3.8, 4) is 0 Å². The molecule has 0 spiro atoms. The number of hydrogen-bond donors (Lipinski definition) is 1. The summed E-state index contributed by atoms with van der Waals surface area (Å²) in [4.78, 5) is 13.1. The van der Waals surface area contributed by atoms with Gasteiger partial charge in [-0.25, -0.2) is 4.98 Å². The molecule has 0 unspecified atom stereocenters. The summed E-state index contributed by atoms with van der Waals surface area (Å²) in [5, 5.41) is 3.38. The van der Waals surface area contributed by atoms with Gasteiger partial charge in [0.05, 0.1) is 12.2 Å². The Morgan fingerprint density at radius 2 is 2.04 bits per heavy atom. The molecule has 1 N–H and O–H groups in total. The molecule has 0 aromatic carbocycles. The van der Waals surface area contributed by atoms with Gasteiger partial charge < -0.3 is 15.1 Å². The second kappa shape index (κ2) is 10.6. The number of anilines is 1. The van der Waals surface area contributed by atoms with Crippen LogP contribution in [0.3, 0.4) is 0 Å². The van der Waals surface area contributed by atoms with E-state index in [1.807, 2.05) is 50.3 Å². The van der Waals surface area contributed by atoms with Crippen molar-refractivity contribution in [2.75, 3.05) is 39.6 Å². The summed E-state index contributed by atoms with van der Waals surface area (Å²) in [6.45, 7) is 5.43. The third kappa shape index (κ3) is 7.17. The minimum absolute atomic E-state index is 0.676. The predicted octanol–water partition coefficient (Wildman–Crippen LogP) is 2.90. The molecule has 0 saturated carbocycles. The molecule has 5 nitrogen and oxygen atoms in total. The summed E-state index contributed by atoms with van der Waals surface area (Å²) >= 11 is 0. The van der Waals surface area contributed by atoms with Gasteiger partial charge in [-0.05, 0) is 31.4 Å². The molecular formula is C18H31N5. The van der Waals surface area contributed by atoms with Crippen LogP contribution >= 0.6 is 0 Å². The van der Waals surface area contributed by atoms with Crippen LogP contribution in [0, 0.1) is 0 Å². The maximum atomic E-state index is 4.61. The Labute approximate surface area is 141 Å². The topological polar surface area (TPSA) is 43.8 Å². The van der Waals surface area contributed by atoms with Crippen LogP contribution < -0.4 is 10.2 Å². The fraction of sp³-hybridized carbons (Fsp3) is 0.556. The van der Waals surface area contributed by atoms with Gasteiger partial charge in [0.2, 0.25) is 0 Å². The molecule has 128 valence electrons. The summed E-state index contributed by atoms with van der Waals surface area (Å²) in [6.07, 6.45) is 6.69. The largest absolute Gasteiger partial charge is 0.363 e. The first-order chi connectivity index (χ1) is 11.1. The van der Waals surface area contributed by atoms with Gasteiger partial charge in [-0.3, -0.25) is 4.99 Å². The van der Waals surface area contributed by atoms with Crippen molar-refractivity contribution in [2.45, 2.75) is 32.2 Å². The van der Waals surface area contributed by atoms with E-state index in [1.165, 1.54) is 19.3 Å². The maximum Gasteiger partial charge on any atom is 0.193 e. The van der Waals surface area contributed by atoms with Crippen molar-refractivity contribution in [1.29, 1.82) is 0 Å². The maximum absolute atomic E-state index is 4.61. The molecule has 1 aromatic heterocycles. The fourth-order valence-electron chi connectivity index (χ4n) is 2.29. The van der Waals surface area contributed by atoms with E-state index in [4.69, 9.17) is 0 Å². The van der Waals surface area contributed by atoms with Gasteiger partial charge in [0.1, 0.15) is 5.82 Å². The van der Waals surface area contributed by atoms with Crippen molar-refractivity contribution >= 4 is 11.8 Å². The number of allylic oxidation sites excluding steroid dienone is 1. The Morgan fingerprint density at radius 1 is 1.26 bits per heavy atom. The molecule has 0 aliphatic heterocycles. The van der Waals surface area contributed by atoms with Crippen LogP contribution in [0.25, 0.3) is 0 Å². The Morgan fingerprint density at radius 3 is 2.70 bits per heavy atom. The number of nitrogens with one attached hydrogen (secondary N) is 1. The third-order valence-electron chi connectivity index (χ3n) is 3.65. The van der Waals surface area contributed by atoms with E-state index in [2.05, 4.69) is 33.8 Å². The van der Waals surface area contributed by atoms with Crippen LogP contribution in [0.2, 0.25) is 0 Å². The SMILES string of the molecule is C=CCCCCCN(C)C(=NC)NCc1cccc(N(C)C)n1. The molecule has 0 radical (unpaired) electrons. The molecule has 1 heterocycles. The van der Waals surface area contributed by atoms with Crippen molar-refractivity contribution in [3.05, 3.63) is 36.5 Å². The number of nitrogens with zero attached hydrogens (tertiary/aromatic N) is 4. The lowest BCUT2D eigenvalue weighted by Gasteiger charge is -2.22. The Balaban J connectivity index is 2.44. The lowest BCUT2D eigenvalue weighted by Crippen LogP contribution is -2.39. The first-order valence-electron chi connectivity index (χ1n) is 8.24. The molecule has 0 amide bonds. The van der Waals surface area contributed by atoms with Crippen molar-refractivity contribution < 1.29 is 0 Å². The van der Waals surface area contributed by atoms with E-state index < -0.39 is 0 Å². The van der Waals surface area contributed by atoms with Gasteiger partial charge in [-0.1, -0.05) is 18.6 Å². The second-order valence-corrected chi connectivity index (χ2v) is 5.84. The quantitative estimate of drug-likeness (QED) is 0.329. The first kappa shape index (κ1) is 19.0. The first-order valence-corrected chi connectivity index (χ1v) is 8.24. The van der Waals surface area contributed by atoms with Crippen LogP contribution in [0.5, 0.6) is 0 Å². The summed E-state index contributed by atoms with van der Waals surface area (Å²) < 4.78 is 0. The normalized spacial score (nSPS) is 11.2. The summed E-state index contributed by atoms with van der Waals surface area (Å²) in [5.74, 6) is 1.88. The summed E-state index contributed by atoms with van der Waals surface area (Å²) in [6, 6.07) is 6.07. The second-order valence-electron chi connectivity index (χ2n) is 5.84. The molecule has 0 saturated heterocycles. The highest BCUT2D eigenvalue weighted by Crippen LogP contribution is 2.08. The van der Waals surface area contributed by atoms with Crippen molar-refractivity contribution in [2.24, 2.45) is 4.99 Å². The van der Waals surface area contributed by atoms with E-state index in [9.17, 15) is 0 Å². The molecule has 0 fully saturated rings. The van der Waals surface area contributed by atoms with E-state index in [-0.39, 0.29) is 0 Å². The van der Waals surface area contributed by atoms with Crippen LogP contribution in [0.4, 0.5) is 5.82 Å². The zero-order chi connectivity index (χ0) is 17.1. The lowest BCUT2D eigenvalue weighted by atomic mass is 10.2. The predicted molar refractivity (Wildman–Crippen MR) is 100 cm³/mol. The molecule has 5 heteroatoms. The van der Waals surface area contributed by atoms with E-state index >= 15 is 0 Å². The molecule has 0 aliphatic carbocycles. The molecule has 1 aromatic rings. The van der Waals surface area contributed by atoms with E-state index in [0.29, 0.717) is 6.54 Å². The standard InChI is InChI=1S/C18H31N5/c1-6-7-8-9-10-14-23(5)18(19-2)20-15-16-12-11-13-17(21-16)22(3)4/h6,11-13H,1,7-10,14-15H2,2-5H3,(H,19,20). The Bertz CT molecular complexity index is 496. The monoisotopic (exact) mass is 317 g/mol. The Kier molecular flexibility index (Phi) is 8.80. The molecule has 1 rings (SSSR count). The number of aliphatic imine (C=N–C) groups is 1. The highest BCUT2D eigenvalue weighted by atomic mass is 15.3. The number of hydrogen-bond acceptors (Lipinski definition) is 3. The van der Waals surface area contributed by atoms with Gasteiger partial charge in [0.25, 0.3) is 0 Å².